The zero-order valence-corrected chi connectivity index (χ0v) is 12.4. The van der Waals surface area contributed by atoms with Crippen molar-refractivity contribution in [1.29, 1.82) is 0 Å². The van der Waals surface area contributed by atoms with Gasteiger partial charge in [0, 0.05) is 17.3 Å². The molecule has 0 atom stereocenters. The third-order valence-corrected chi connectivity index (χ3v) is 3.48. The summed E-state index contributed by atoms with van der Waals surface area (Å²) in [6, 6.07) is 12.3. The standard InChI is InChI=1S/C17H13F2N3O2/c18-17(19)13-6-2-5-12(21-13)10-3-1-4-11(7-10)22-9-15(24)14(23)8-16(22)20/h1-9,17,24H,20H2. The summed E-state index contributed by atoms with van der Waals surface area (Å²) in [6.07, 6.45) is -1.44. The molecule has 0 bridgehead atoms. The van der Waals surface area contributed by atoms with E-state index in [2.05, 4.69) is 4.98 Å². The van der Waals surface area contributed by atoms with E-state index < -0.39 is 17.6 Å². The summed E-state index contributed by atoms with van der Waals surface area (Å²) in [5, 5.41) is 9.59. The van der Waals surface area contributed by atoms with Crippen LogP contribution in [-0.2, 0) is 0 Å². The number of halogens is 2. The van der Waals surface area contributed by atoms with Gasteiger partial charge in [-0.2, -0.15) is 0 Å². The van der Waals surface area contributed by atoms with Crippen molar-refractivity contribution in [2.45, 2.75) is 6.43 Å². The molecule has 0 saturated heterocycles. The fraction of sp³-hybridized carbons (Fsp3) is 0.0588. The highest BCUT2D eigenvalue weighted by molar-refractivity contribution is 5.63. The first-order valence-electron chi connectivity index (χ1n) is 7.03. The van der Waals surface area contributed by atoms with Gasteiger partial charge in [0.15, 0.2) is 5.75 Å². The Labute approximate surface area is 135 Å². The lowest BCUT2D eigenvalue weighted by molar-refractivity contribution is 0.146. The van der Waals surface area contributed by atoms with Crippen LogP contribution in [0.2, 0.25) is 0 Å². The number of nitrogen functional groups attached to an aromatic ring is 1. The van der Waals surface area contributed by atoms with E-state index in [0.29, 0.717) is 16.9 Å². The molecular weight excluding hydrogens is 316 g/mol. The van der Waals surface area contributed by atoms with Gasteiger partial charge < -0.3 is 10.8 Å². The molecule has 0 aliphatic rings. The van der Waals surface area contributed by atoms with Crippen molar-refractivity contribution in [3.63, 3.8) is 0 Å². The molecular formula is C17H13F2N3O2. The molecule has 3 aromatic rings. The first-order valence-corrected chi connectivity index (χ1v) is 7.03. The van der Waals surface area contributed by atoms with Gasteiger partial charge >= 0.3 is 0 Å². The minimum Gasteiger partial charge on any atom is -0.503 e. The number of anilines is 1. The molecule has 0 saturated carbocycles. The molecule has 0 unspecified atom stereocenters. The van der Waals surface area contributed by atoms with Crippen molar-refractivity contribution < 1.29 is 13.9 Å². The van der Waals surface area contributed by atoms with Crippen molar-refractivity contribution >= 4 is 5.82 Å². The Kier molecular flexibility index (Phi) is 3.99. The Hall–Kier alpha value is -3.22. The average molecular weight is 329 g/mol. The third-order valence-electron chi connectivity index (χ3n) is 3.48. The number of nitrogens with two attached hydrogens (primary N) is 1. The molecule has 3 N–H and O–H groups in total. The molecule has 7 heteroatoms. The predicted molar refractivity (Wildman–Crippen MR) is 86.3 cm³/mol. The fourth-order valence-corrected chi connectivity index (χ4v) is 2.31. The molecule has 0 aliphatic heterocycles. The number of benzene rings is 1. The zero-order chi connectivity index (χ0) is 17.3. The van der Waals surface area contributed by atoms with E-state index in [1.807, 2.05) is 0 Å². The normalized spacial score (nSPS) is 11.0. The molecule has 122 valence electrons. The van der Waals surface area contributed by atoms with Gasteiger partial charge in [-0.1, -0.05) is 18.2 Å². The number of nitrogens with zero attached hydrogens (tertiary/aromatic N) is 2. The van der Waals surface area contributed by atoms with Gasteiger partial charge in [-0.25, -0.2) is 13.8 Å². The smallest absolute Gasteiger partial charge is 0.280 e. The molecule has 0 aliphatic carbocycles. The lowest BCUT2D eigenvalue weighted by atomic mass is 10.1. The van der Waals surface area contributed by atoms with Crippen molar-refractivity contribution in [1.82, 2.24) is 9.55 Å². The average Bonchev–Trinajstić information content (AvgIpc) is 2.58. The molecule has 0 spiro atoms. The molecule has 24 heavy (non-hydrogen) atoms. The summed E-state index contributed by atoms with van der Waals surface area (Å²) < 4.78 is 27.0. The van der Waals surface area contributed by atoms with Gasteiger partial charge in [-0.3, -0.25) is 9.36 Å². The molecule has 3 rings (SSSR count). The van der Waals surface area contributed by atoms with Gasteiger partial charge in [0.25, 0.3) is 6.43 Å². The van der Waals surface area contributed by atoms with Gasteiger partial charge in [-0.05, 0) is 24.3 Å². The maximum Gasteiger partial charge on any atom is 0.280 e. The lowest BCUT2D eigenvalue weighted by Gasteiger charge is -2.12. The molecule has 2 heterocycles. The Balaban J connectivity index is 2.09. The third kappa shape index (κ3) is 2.96. The Bertz CT molecular complexity index is 955. The van der Waals surface area contributed by atoms with E-state index in [1.54, 1.807) is 30.3 Å². The summed E-state index contributed by atoms with van der Waals surface area (Å²) in [7, 11) is 0. The lowest BCUT2D eigenvalue weighted by Crippen LogP contribution is -2.10. The number of hydrogen-bond donors (Lipinski definition) is 2. The van der Waals surface area contributed by atoms with E-state index in [1.165, 1.54) is 22.9 Å². The monoisotopic (exact) mass is 329 g/mol. The second kappa shape index (κ2) is 6.11. The minimum atomic E-state index is -2.65. The van der Waals surface area contributed by atoms with Gasteiger partial charge in [0.1, 0.15) is 11.5 Å². The number of rotatable bonds is 3. The first-order chi connectivity index (χ1) is 11.5. The second-order valence-electron chi connectivity index (χ2n) is 5.12. The van der Waals surface area contributed by atoms with E-state index in [0.717, 1.165) is 6.07 Å². The van der Waals surface area contributed by atoms with Crippen LogP contribution in [-0.4, -0.2) is 14.7 Å². The number of pyridine rings is 2. The highest BCUT2D eigenvalue weighted by atomic mass is 19.3. The summed E-state index contributed by atoms with van der Waals surface area (Å²) >= 11 is 0. The zero-order valence-electron chi connectivity index (χ0n) is 12.4. The number of alkyl halides is 2. The summed E-state index contributed by atoms with van der Waals surface area (Å²) in [6.45, 7) is 0. The molecule has 0 fully saturated rings. The largest absolute Gasteiger partial charge is 0.503 e. The molecule has 2 aromatic heterocycles. The van der Waals surface area contributed by atoms with Crippen LogP contribution in [0.15, 0.2) is 59.5 Å². The van der Waals surface area contributed by atoms with Gasteiger partial charge in [0.05, 0.1) is 11.9 Å². The van der Waals surface area contributed by atoms with Gasteiger partial charge in [-0.15, -0.1) is 0 Å². The molecule has 1 aromatic carbocycles. The van der Waals surface area contributed by atoms with Crippen LogP contribution < -0.4 is 11.2 Å². The Morgan fingerprint density at radius 3 is 2.62 bits per heavy atom. The summed E-state index contributed by atoms with van der Waals surface area (Å²) in [4.78, 5) is 15.3. The highest BCUT2D eigenvalue weighted by Gasteiger charge is 2.11. The maximum absolute atomic E-state index is 12.8. The van der Waals surface area contributed by atoms with E-state index in [-0.39, 0.29) is 11.5 Å². The van der Waals surface area contributed by atoms with Crippen molar-refractivity contribution in [3.05, 3.63) is 70.6 Å². The van der Waals surface area contributed by atoms with Crippen molar-refractivity contribution in [2.75, 3.05) is 5.73 Å². The predicted octanol–water partition coefficient (Wildman–Crippen LogP) is 3.12. The molecule has 0 radical (unpaired) electrons. The topological polar surface area (TPSA) is 81.1 Å². The quantitative estimate of drug-likeness (QED) is 0.773. The number of hydrogen-bond acceptors (Lipinski definition) is 4. The van der Waals surface area contributed by atoms with E-state index >= 15 is 0 Å². The number of aromatic hydroxyl groups is 1. The van der Waals surface area contributed by atoms with Crippen LogP contribution in [0.1, 0.15) is 12.1 Å². The van der Waals surface area contributed by atoms with Crippen LogP contribution in [0.4, 0.5) is 14.6 Å². The van der Waals surface area contributed by atoms with Crippen molar-refractivity contribution in [3.8, 4) is 22.7 Å². The second-order valence-corrected chi connectivity index (χ2v) is 5.12. The Morgan fingerprint density at radius 1 is 1.12 bits per heavy atom. The van der Waals surface area contributed by atoms with Crippen LogP contribution >= 0.6 is 0 Å². The minimum absolute atomic E-state index is 0.143. The molecule has 0 amide bonds. The van der Waals surface area contributed by atoms with Crippen LogP contribution in [0.5, 0.6) is 5.75 Å². The van der Waals surface area contributed by atoms with Crippen LogP contribution in [0.3, 0.4) is 0 Å². The van der Waals surface area contributed by atoms with Gasteiger partial charge in [0.2, 0.25) is 5.43 Å². The van der Waals surface area contributed by atoms with Crippen LogP contribution in [0, 0.1) is 0 Å². The molecule has 5 nitrogen and oxygen atoms in total. The Morgan fingerprint density at radius 2 is 1.88 bits per heavy atom. The van der Waals surface area contributed by atoms with E-state index in [4.69, 9.17) is 5.73 Å². The summed E-state index contributed by atoms with van der Waals surface area (Å²) in [5.41, 5.74) is 6.48. The fourth-order valence-electron chi connectivity index (χ4n) is 2.31. The van der Waals surface area contributed by atoms with E-state index in [9.17, 15) is 18.7 Å². The number of aromatic nitrogens is 2. The first kappa shape index (κ1) is 15.7. The SMILES string of the molecule is Nc1cc(=O)c(O)cn1-c1cccc(-c2cccc(C(F)F)n2)c1. The highest BCUT2D eigenvalue weighted by Crippen LogP contribution is 2.25. The van der Waals surface area contributed by atoms with Crippen LogP contribution in [0.25, 0.3) is 16.9 Å². The van der Waals surface area contributed by atoms with Crippen molar-refractivity contribution in [2.24, 2.45) is 0 Å². The summed E-state index contributed by atoms with van der Waals surface area (Å²) in [5.74, 6) is -0.295. The maximum atomic E-state index is 12.8.